The maximum atomic E-state index is 12.3. The Hall–Kier alpha value is -1.88. The molecule has 0 saturated carbocycles. The van der Waals surface area contributed by atoms with Crippen LogP contribution < -0.4 is 5.32 Å². The molecule has 5 heteroatoms. The molecule has 0 bridgehead atoms. The fourth-order valence-electron chi connectivity index (χ4n) is 2.68. The molecule has 114 valence electrons. The van der Waals surface area contributed by atoms with E-state index in [9.17, 15) is 9.59 Å². The number of carbonyl (C=O) groups excluding carboxylic acids is 2. The minimum atomic E-state index is -0.610. The lowest BCUT2D eigenvalue weighted by Crippen LogP contribution is -2.48. The molecule has 2 atom stereocenters. The number of hydrogen-bond acceptors (Lipinski definition) is 4. The molecule has 1 aromatic rings. The van der Waals surface area contributed by atoms with E-state index in [4.69, 9.17) is 0 Å². The second kappa shape index (κ2) is 7.22. The van der Waals surface area contributed by atoms with Crippen LogP contribution in [0.3, 0.4) is 0 Å². The Morgan fingerprint density at radius 2 is 2.10 bits per heavy atom. The molecule has 1 N–H and O–H groups in total. The first-order chi connectivity index (χ1) is 10.1. The van der Waals surface area contributed by atoms with Crippen molar-refractivity contribution in [3.63, 3.8) is 0 Å². The van der Waals surface area contributed by atoms with Crippen LogP contribution in [0.2, 0.25) is 0 Å². The number of nitrogens with one attached hydrogen (secondary N) is 1. The van der Waals surface area contributed by atoms with Crippen molar-refractivity contribution in [1.82, 2.24) is 10.2 Å². The molecule has 0 radical (unpaired) electrons. The lowest BCUT2D eigenvalue weighted by atomic mass is 10.1. The molecule has 1 amide bonds. The number of nitrogens with zero attached hydrogens (tertiary/aromatic N) is 1. The van der Waals surface area contributed by atoms with E-state index in [0.29, 0.717) is 0 Å². The van der Waals surface area contributed by atoms with Gasteiger partial charge in [0.05, 0.1) is 13.2 Å². The number of amides is 1. The molecular weight excluding hydrogens is 268 g/mol. The molecule has 5 nitrogen and oxygen atoms in total. The molecule has 1 aromatic carbocycles. The molecule has 1 aliphatic heterocycles. The maximum Gasteiger partial charge on any atom is 0.328 e. The van der Waals surface area contributed by atoms with E-state index in [1.807, 2.05) is 18.2 Å². The van der Waals surface area contributed by atoms with E-state index in [2.05, 4.69) is 27.1 Å². The summed E-state index contributed by atoms with van der Waals surface area (Å²) in [6, 6.07) is 9.32. The predicted molar refractivity (Wildman–Crippen MR) is 79.5 cm³/mol. The van der Waals surface area contributed by atoms with Gasteiger partial charge in [-0.25, -0.2) is 4.79 Å². The monoisotopic (exact) mass is 290 g/mol. The van der Waals surface area contributed by atoms with Gasteiger partial charge in [-0.2, -0.15) is 0 Å². The summed E-state index contributed by atoms with van der Waals surface area (Å²) >= 11 is 0. The van der Waals surface area contributed by atoms with Crippen LogP contribution in [0, 0.1) is 0 Å². The first-order valence-electron chi connectivity index (χ1n) is 7.28. The molecule has 1 fully saturated rings. The summed E-state index contributed by atoms with van der Waals surface area (Å²) in [4.78, 5) is 25.9. The SMILES string of the molecule is COC(=O)[C@@H](C)NC(=O)C1CCCN1Cc1ccccc1. The molecular formula is C16H22N2O3. The highest BCUT2D eigenvalue weighted by Crippen LogP contribution is 2.20. The zero-order valence-corrected chi connectivity index (χ0v) is 12.5. The fourth-order valence-corrected chi connectivity index (χ4v) is 2.68. The molecule has 0 aliphatic carbocycles. The van der Waals surface area contributed by atoms with Gasteiger partial charge in [0, 0.05) is 6.54 Å². The van der Waals surface area contributed by atoms with Crippen LogP contribution in [0.5, 0.6) is 0 Å². The van der Waals surface area contributed by atoms with Gasteiger partial charge < -0.3 is 10.1 Å². The minimum Gasteiger partial charge on any atom is -0.467 e. The van der Waals surface area contributed by atoms with Crippen molar-refractivity contribution < 1.29 is 14.3 Å². The Kier molecular flexibility index (Phi) is 5.33. The maximum absolute atomic E-state index is 12.3. The van der Waals surface area contributed by atoms with Crippen LogP contribution >= 0.6 is 0 Å². The summed E-state index contributed by atoms with van der Waals surface area (Å²) in [6.45, 7) is 3.30. The molecule has 0 aromatic heterocycles. The number of hydrogen-bond donors (Lipinski definition) is 1. The highest BCUT2D eigenvalue weighted by Gasteiger charge is 2.32. The minimum absolute atomic E-state index is 0.0960. The average molecular weight is 290 g/mol. The lowest BCUT2D eigenvalue weighted by molar-refractivity contribution is -0.145. The smallest absolute Gasteiger partial charge is 0.328 e. The van der Waals surface area contributed by atoms with Crippen LogP contribution in [0.25, 0.3) is 0 Å². The normalized spacial score (nSPS) is 20.0. The van der Waals surface area contributed by atoms with Gasteiger partial charge >= 0.3 is 5.97 Å². The second-order valence-corrected chi connectivity index (χ2v) is 5.37. The van der Waals surface area contributed by atoms with E-state index < -0.39 is 12.0 Å². The number of ether oxygens (including phenoxy) is 1. The van der Waals surface area contributed by atoms with Gasteiger partial charge in [0.1, 0.15) is 6.04 Å². The standard InChI is InChI=1S/C16H22N2O3/c1-12(16(20)21-2)17-15(19)14-9-6-10-18(14)11-13-7-4-3-5-8-13/h3-5,7-8,12,14H,6,9-11H2,1-2H3,(H,17,19)/t12-,14?/m1/s1. The Morgan fingerprint density at radius 3 is 2.76 bits per heavy atom. The van der Waals surface area contributed by atoms with Gasteiger partial charge in [0.15, 0.2) is 0 Å². The van der Waals surface area contributed by atoms with Gasteiger partial charge in [-0.1, -0.05) is 30.3 Å². The van der Waals surface area contributed by atoms with Crippen molar-refractivity contribution in [2.75, 3.05) is 13.7 Å². The summed E-state index contributed by atoms with van der Waals surface area (Å²) in [7, 11) is 1.32. The van der Waals surface area contributed by atoms with Crippen LogP contribution in [-0.4, -0.2) is 42.5 Å². The number of methoxy groups -OCH3 is 1. The van der Waals surface area contributed by atoms with Crippen LogP contribution in [-0.2, 0) is 20.9 Å². The highest BCUT2D eigenvalue weighted by molar-refractivity contribution is 5.87. The molecule has 1 saturated heterocycles. The van der Waals surface area contributed by atoms with E-state index >= 15 is 0 Å². The van der Waals surface area contributed by atoms with Crippen molar-refractivity contribution in [2.45, 2.75) is 38.4 Å². The predicted octanol–water partition coefficient (Wildman–Crippen LogP) is 1.33. The Balaban J connectivity index is 1.95. The average Bonchev–Trinajstić information content (AvgIpc) is 2.95. The molecule has 21 heavy (non-hydrogen) atoms. The largest absolute Gasteiger partial charge is 0.467 e. The molecule has 0 spiro atoms. The first kappa shape index (κ1) is 15.5. The van der Waals surface area contributed by atoms with Crippen LogP contribution in [0.1, 0.15) is 25.3 Å². The van der Waals surface area contributed by atoms with Gasteiger partial charge in [-0.3, -0.25) is 9.69 Å². The third-order valence-corrected chi connectivity index (χ3v) is 3.81. The topological polar surface area (TPSA) is 58.6 Å². The first-order valence-corrected chi connectivity index (χ1v) is 7.28. The lowest BCUT2D eigenvalue weighted by Gasteiger charge is -2.24. The number of carbonyl (C=O) groups is 2. The number of benzene rings is 1. The van der Waals surface area contributed by atoms with Crippen molar-refractivity contribution in [2.24, 2.45) is 0 Å². The van der Waals surface area contributed by atoms with Crippen molar-refractivity contribution in [1.29, 1.82) is 0 Å². The van der Waals surface area contributed by atoms with Crippen LogP contribution in [0.4, 0.5) is 0 Å². The zero-order chi connectivity index (χ0) is 15.2. The van der Waals surface area contributed by atoms with Crippen molar-refractivity contribution in [3.8, 4) is 0 Å². The summed E-state index contributed by atoms with van der Waals surface area (Å²) in [5.41, 5.74) is 1.19. The number of rotatable bonds is 5. The van der Waals surface area contributed by atoms with Crippen molar-refractivity contribution in [3.05, 3.63) is 35.9 Å². The number of esters is 1. The summed E-state index contributed by atoms with van der Waals surface area (Å²) < 4.78 is 4.63. The quantitative estimate of drug-likeness (QED) is 0.831. The Labute approximate surface area is 125 Å². The molecule has 1 unspecified atom stereocenters. The van der Waals surface area contributed by atoms with Crippen molar-refractivity contribution >= 4 is 11.9 Å². The highest BCUT2D eigenvalue weighted by atomic mass is 16.5. The molecule has 1 heterocycles. The third-order valence-electron chi connectivity index (χ3n) is 3.81. The van der Waals surface area contributed by atoms with Gasteiger partial charge in [0.2, 0.25) is 5.91 Å². The zero-order valence-electron chi connectivity index (χ0n) is 12.5. The third kappa shape index (κ3) is 4.04. The Bertz CT molecular complexity index is 490. The summed E-state index contributed by atoms with van der Waals surface area (Å²) in [5, 5.41) is 2.73. The second-order valence-electron chi connectivity index (χ2n) is 5.37. The Morgan fingerprint density at radius 1 is 1.38 bits per heavy atom. The molecule has 2 rings (SSSR count). The summed E-state index contributed by atoms with van der Waals surface area (Å²) in [6.07, 6.45) is 1.82. The molecule has 1 aliphatic rings. The van der Waals surface area contributed by atoms with Gasteiger partial charge in [-0.15, -0.1) is 0 Å². The van der Waals surface area contributed by atoms with E-state index in [1.165, 1.54) is 12.7 Å². The van der Waals surface area contributed by atoms with E-state index in [1.54, 1.807) is 6.92 Å². The van der Waals surface area contributed by atoms with Gasteiger partial charge in [0.25, 0.3) is 0 Å². The fraction of sp³-hybridized carbons (Fsp3) is 0.500. The van der Waals surface area contributed by atoms with E-state index in [0.717, 1.165) is 25.9 Å². The van der Waals surface area contributed by atoms with E-state index in [-0.39, 0.29) is 11.9 Å². The van der Waals surface area contributed by atoms with Gasteiger partial charge in [-0.05, 0) is 31.9 Å². The van der Waals surface area contributed by atoms with Crippen LogP contribution in [0.15, 0.2) is 30.3 Å². The number of likely N-dealkylation sites (tertiary alicyclic amines) is 1. The summed E-state index contributed by atoms with van der Waals surface area (Å²) in [5.74, 6) is -0.516.